The molecular formula is C19H21N5O2. The molecule has 4 rings (SSSR count). The third-order valence-corrected chi connectivity index (χ3v) is 4.52. The fourth-order valence-electron chi connectivity index (χ4n) is 3.16. The number of rotatable bonds is 4. The molecule has 26 heavy (non-hydrogen) atoms. The van der Waals surface area contributed by atoms with Gasteiger partial charge >= 0.3 is 0 Å². The molecule has 0 bridgehead atoms. The maximum Gasteiger partial charge on any atom is 0.228 e. The van der Waals surface area contributed by atoms with E-state index in [1.807, 2.05) is 36.0 Å². The summed E-state index contributed by atoms with van der Waals surface area (Å²) < 4.78 is 7.55. The van der Waals surface area contributed by atoms with E-state index in [2.05, 4.69) is 26.7 Å². The van der Waals surface area contributed by atoms with E-state index in [9.17, 15) is 4.79 Å². The fraction of sp³-hybridized carbons (Fsp3) is 0.316. The smallest absolute Gasteiger partial charge is 0.228 e. The average Bonchev–Trinajstić information content (AvgIpc) is 3.08. The topological polar surface area (TPSA) is 81.1 Å². The van der Waals surface area contributed by atoms with Crippen molar-refractivity contribution in [2.24, 2.45) is 7.05 Å². The molecule has 1 unspecified atom stereocenters. The van der Waals surface area contributed by atoms with Crippen LogP contribution in [0.1, 0.15) is 6.42 Å². The molecule has 1 aromatic carbocycles. The number of amides is 1. The van der Waals surface area contributed by atoms with Crippen molar-refractivity contribution < 1.29 is 9.53 Å². The number of imidazole rings is 1. The SMILES string of the molecule is Cn1cncc1-c1ccc2cnc(NC(=O)CC3CNCCO3)cc2c1. The molecular weight excluding hydrogens is 330 g/mol. The predicted molar refractivity (Wildman–Crippen MR) is 99.8 cm³/mol. The highest BCUT2D eigenvalue weighted by atomic mass is 16.5. The van der Waals surface area contributed by atoms with E-state index in [-0.39, 0.29) is 12.0 Å². The third-order valence-electron chi connectivity index (χ3n) is 4.52. The van der Waals surface area contributed by atoms with Crippen LogP contribution in [-0.4, -0.2) is 46.2 Å². The summed E-state index contributed by atoms with van der Waals surface area (Å²) in [5.41, 5.74) is 2.11. The zero-order valence-corrected chi connectivity index (χ0v) is 14.6. The first-order valence-electron chi connectivity index (χ1n) is 8.68. The number of aromatic nitrogens is 3. The van der Waals surface area contributed by atoms with Gasteiger partial charge in [-0.1, -0.05) is 12.1 Å². The normalized spacial score (nSPS) is 17.3. The van der Waals surface area contributed by atoms with E-state index in [0.29, 0.717) is 25.4 Å². The van der Waals surface area contributed by atoms with Crippen molar-refractivity contribution in [2.75, 3.05) is 25.0 Å². The largest absolute Gasteiger partial charge is 0.375 e. The van der Waals surface area contributed by atoms with Gasteiger partial charge in [-0.15, -0.1) is 0 Å². The van der Waals surface area contributed by atoms with Crippen LogP contribution in [0.2, 0.25) is 0 Å². The van der Waals surface area contributed by atoms with Gasteiger partial charge in [0.25, 0.3) is 0 Å². The van der Waals surface area contributed by atoms with Gasteiger partial charge in [0.2, 0.25) is 5.91 Å². The monoisotopic (exact) mass is 351 g/mol. The maximum absolute atomic E-state index is 12.2. The Morgan fingerprint density at radius 2 is 2.27 bits per heavy atom. The number of anilines is 1. The summed E-state index contributed by atoms with van der Waals surface area (Å²) in [4.78, 5) is 20.8. The number of hydrogen-bond acceptors (Lipinski definition) is 5. The lowest BCUT2D eigenvalue weighted by Crippen LogP contribution is -2.40. The van der Waals surface area contributed by atoms with E-state index in [1.165, 1.54) is 0 Å². The Labute approximate surface area is 151 Å². The van der Waals surface area contributed by atoms with Gasteiger partial charge in [0.15, 0.2) is 0 Å². The van der Waals surface area contributed by atoms with E-state index in [4.69, 9.17) is 4.74 Å². The Morgan fingerprint density at radius 3 is 3.04 bits per heavy atom. The van der Waals surface area contributed by atoms with Crippen molar-refractivity contribution in [2.45, 2.75) is 12.5 Å². The predicted octanol–water partition coefficient (Wildman–Crippen LogP) is 1.95. The van der Waals surface area contributed by atoms with E-state index in [0.717, 1.165) is 28.6 Å². The third kappa shape index (κ3) is 3.58. The molecule has 0 saturated carbocycles. The van der Waals surface area contributed by atoms with Crippen LogP contribution in [-0.2, 0) is 16.6 Å². The van der Waals surface area contributed by atoms with Gasteiger partial charge in [-0.05, 0) is 17.5 Å². The van der Waals surface area contributed by atoms with Crippen LogP contribution in [0.5, 0.6) is 0 Å². The number of hydrogen-bond donors (Lipinski definition) is 2. The van der Waals surface area contributed by atoms with Crippen LogP contribution in [0.4, 0.5) is 5.82 Å². The van der Waals surface area contributed by atoms with Crippen LogP contribution in [0, 0.1) is 0 Å². The molecule has 3 heterocycles. The molecule has 1 amide bonds. The standard InChI is InChI=1S/C19H21N5O2/c1-24-12-21-11-17(24)13-2-3-14-9-22-18(7-15(14)6-13)23-19(25)8-16-10-20-4-5-26-16/h2-3,6-7,9,11-12,16,20H,4-5,8,10H2,1H3,(H,22,23,25). The Bertz CT molecular complexity index is 931. The van der Waals surface area contributed by atoms with Gasteiger partial charge in [-0.25, -0.2) is 9.97 Å². The second-order valence-corrected chi connectivity index (χ2v) is 6.47. The summed E-state index contributed by atoms with van der Waals surface area (Å²) in [6.07, 6.45) is 5.63. The van der Waals surface area contributed by atoms with E-state index in [1.54, 1.807) is 12.5 Å². The molecule has 3 aromatic rings. The quantitative estimate of drug-likeness (QED) is 0.751. The van der Waals surface area contributed by atoms with Crippen molar-refractivity contribution in [3.63, 3.8) is 0 Å². The molecule has 1 atom stereocenters. The minimum Gasteiger partial charge on any atom is -0.375 e. The van der Waals surface area contributed by atoms with Crippen LogP contribution < -0.4 is 10.6 Å². The van der Waals surface area contributed by atoms with Crippen LogP contribution in [0.3, 0.4) is 0 Å². The molecule has 0 spiro atoms. The number of nitrogens with zero attached hydrogens (tertiary/aromatic N) is 3. The number of ether oxygens (including phenoxy) is 1. The number of aryl methyl sites for hydroxylation is 1. The number of carbonyl (C=O) groups excluding carboxylic acids is 1. The first-order valence-corrected chi connectivity index (χ1v) is 8.68. The Hall–Kier alpha value is -2.77. The van der Waals surface area contributed by atoms with Gasteiger partial charge in [-0.2, -0.15) is 0 Å². The van der Waals surface area contributed by atoms with Crippen molar-refractivity contribution in [3.05, 3.63) is 43.0 Å². The summed E-state index contributed by atoms with van der Waals surface area (Å²) >= 11 is 0. The number of fused-ring (bicyclic) bond motifs is 1. The minimum absolute atomic E-state index is 0.0827. The molecule has 2 N–H and O–H groups in total. The average molecular weight is 351 g/mol. The summed E-state index contributed by atoms with van der Waals surface area (Å²) in [5.74, 6) is 0.460. The zero-order valence-electron chi connectivity index (χ0n) is 14.6. The van der Waals surface area contributed by atoms with Gasteiger partial charge in [0.1, 0.15) is 5.82 Å². The zero-order chi connectivity index (χ0) is 17.9. The van der Waals surface area contributed by atoms with Gasteiger partial charge in [0.05, 0.1) is 37.3 Å². The second kappa shape index (κ2) is 7.23. The van der Waals surface area contributed by atoms with Crippen LogP contribution >= 0.6 is 0 Å². The molecule has 0 aliphatic carbocycles. The van der Waals surface area contributed by atoms with Gasteiger partial charge in [-0.3, -0.25) is 4.79 Å². The van der Waals surface area contributed by atoms with Crippen molar-refractivity contribution in [3.8, 4) is 11.3 Å². The number of carbonyl (C=O) groups is 1. The molecule has 1 fully saturated rings. The first-order chi connectivity index (χ1) is 12.7. The Morgan fingerprint density at radius 1 is 1.35 bits per heavy atom. The first kappa shape index (κ1) is 16.7. The van der Waals surface area contributed by atoms with Gasteiger partial charge < -0.3 is 19.9 Å². The highest BCUT2D eigenvalue weighted by Gasteiger charge is 2.17. The number of benzene rings is 1. The highest BCUT2D eigenvalue weighted by molar-refractivity contribution is 5.94. The van der Waals surface area contributed by atoms with Crippen molar-refractivity contribution >= 4 is 22.5 Å². The van der Waals surface area contributed by atoms with Crippen molar-refractivity contribution in [1.29, 1.82) is 0 Å². The number of morpholine rings is 1. The maximum atomic E-state index is 12.2. The highest BCUT2D eigenvalue weighted by Crippen LogP contribution is 2.25. The lowest BCUT2D eigenvalue weighted by molar-refractivity contribution is -0.119. The van der Waals surface area contributed by atoms with Crippen molar-refractivity contribution in [1.82, 2.24) is 19.9 Å². The second-order valence-electron chi connectivity index (χ2n) is 6.47. The lowest BCUT2D eigenvalue weighted by Gasteiger charge is -2.22. The minimum atomic E-state index is -0.0895. The molecule has 0 radical (unpaired) electrons. The molecule has 2 aromatic heterocycles. The summed E-state index contributed by atoms with van der Waals surface area (Å²) in [6.45, 7) is 2.18. The Kier molecular flexibility index (Phi) is 4.64. The number of pyridine rings is 1. The molecule has 7 heteroatoms. The molecule has 134 valence electrons. The van der Waals surface area contributed by atoms with E-state index < -0.39 is 0 Å². The van der Waals surface area contributed by atoms with Crippen LogP contribution in [0.25, 0.3) is 22.0 Å². The molecule has 1 saturated heterocycles. The summed E-state index contributed by atoms with van der Waals surface area (Å²) in [7, 11) is 1.97. The van der Waals surface area contributed by atoms with Crippen LogP contribution in [0.15, 0.2) is 43.0 Å². The number of nitrogens with one attached hydrogen (secondary N) is 2. The van der Waals surface area contributed by atoms with E-state index >= 15 is 0 Å². The molecule has 1 aliphatic heterocycles. The summed E-state index contributed by atoms with van der Waals surface area (Å²) in [6, 6.07) is 8.05. The fourth-order valence-corrected chi connectivity index (χ4v) is 3.16. The summed E-state index contributed by atoms with van der Waals surface area (Å²) in [5, 5.41) is 8.14. The van der Waals surface area contributed by atoms with Gasteiger partial charge in [0, 0.05) is 37.3 Å². The molecule has 1 aliphatic rings. The Balaban J connectivity index is 1.52. The molecule has 7 nitrogen and oxygen atoms in total. The lowest BCUT2D eigenvalue weighted by atomic mass is 10.1.